The van der Waals surface area contributed by atoms with Crippen molar-refractivity contribution in [3.8, 4) is 17.2 Å². The first-order valence-electron chi connectivity index (χ1n) is 7.43. The maximum atomic E-state index is 12.4. The average molecular weight is 387 g/mol. The van der Waals surface area contributed by atoms with Gasteiger partial charge in [-0.05, 0) is 30.3 Å². The molecule has 0 bridgehead atoms. The number of ether oxygens (including phenoxy) is 3. The Bertz CT molecular complexity index is 774. The van der Waals surface area contributed by atoms with Crippen molar-refractivity contribution in [3.63, 3.8) is 0 Å². The quantitative estimate of drug-likeness (QED) is 0.717. The Kier molecular flexibility index (Phi) is 6.85. The van der Waals surface area contributed by atoms with Gasteiger partial charge in [0.1, 0.15) is 5.75 Å². The monoisotopic (exact) mass is 386 g/mol. The molecule has 26 heavy (non-hydrogen) atoms. The fourth-order valence-corrected chi connectivity index (χ4v) is 2.30. The predicted molar refractivity (Wildman–Crippen MR) is 94.7 cm³/mol. The van der Waals surface area contributed by atoms with Crippen LogP contribution in [0.15, 0.2) is 36.4 Å². The van der Waals surface area contributed by atoms with Gasteiger partial charge in [-0.25, -0.2) is 0 Å². The summed E-state index contributed by atoms with van der Waals surface area (Å²) >= 11 is 5.91. The summed E-state index contributed by atoms with van der Waals surface area (Å²) in [6, 6.07) is 9.17. The number of hydrogen-bond donors (Lipinski definition) is 2. The highest BCUT2D eigenvalue weighted by atomic mass is 35.5. The maximum Gasteiger partial charge on any atom is 0.387 e. The van der Waals surface area contributed by atoms with E-state index in [0.29, 0.717) is 22.1 Å². The SMILES string of the molecule is COc1ccc(Cl)cc1NC(=O)CNc1ccc(OC)c(OC(F)F)c1. The molecule has 2 N–H and O–H groups in total. The third kappa shape index (κ3) is 5.38. The second-order valence-corrected chi connectivity index (χ2v) is 5.43. The summed E-state index contributed by atoms with van der Waals surface area (Å²) in [7, 11) is 2.81. The van der Waals surface area contributed by atoms with E-state index in [4.69, 9.17) is 21.1 Å². The lowest BCUT2D eigenvalue weighted by Gasteiger charge is -2.13. The number of hydrogen-bond acceptors (Lipinski definition) is 5. The van der Waals surface area contributed by atoms with Gasteiger partial charge in [-0.3, -0.25) is 4.79 Å². The minimum absolute atomic E-state index is 0.115. The largest absolute Gasteiger partial charge is 0.495 e. The second-order valence-electron chi connectivity index (χ2n) is 4.99. The van der Waals surface area contributed by atoms with Gasteiger partial charge in [0, 0.05) is 16.8 Å². The maximum absolute atomic E-state index is 12.4. The number of methoxy groups -OCH3 is 2. The van der Waals surface area contributed by atoms with Gasteiger partial charge in [0.05, 0.1) is 26.5 Å². The molecule has 2 rings (SSSR count). The highest BCUT2D eigenvalue weighted by Gasteiger charge is 2.12. The first-order chi connectivity index (χ1) is 12.4. The van der Waals surface area contributed by atoms with Crippen LogP contribution in [0.2, 0.25) is 5.02 Å². The molecule has 0 atom stereocenters. The number of benzene rings is 2. The molecule has 9 heteroatoms. The summed E-state index contributed by atoms with van der Waals surface area (Å²) in [5, 5.41) is 5.91. The smallest absolute Gasteiger partial charge is 0.387 e. The van der Waals surface area contributed by atoms with Gasteiger partial charge >= 0.3 is 6.61 Å². The molecule has 140 valence electrons. The van der Waals surface area contributed by atoms with Crippen LogP contribution in [0.3, 0.4) is 0 Å². The molecule has 0 aromatic heterocycles. The molecule has 0 radical (unpaired) electrons. The van der Waals surface area contributed by atoms with Crippen LogP contribution in [0.25, 0.3) is 0 Å². The molecular weight excluding hydrogens is 370 g/mol. The second kappa shape index (κ2) is 9.10. The summed E-state index contributed by atoms with van der Waals surface area (Å²) in [6.45, 7) is -3.10. The van der Waals surface area contributed by atoms with E-state index >= 15 is 0 Å². The Labute approximate surface area is 154 Å². The molecule has 2 aromatic rings. The molecule has 0 aliphatic carbocycles. The number of amides is 1. The van der Waals surface area contributed by atoms with E-state index in [9.17, 15) is 13.6 Å². The lowest BCUT2D eigenvalue weighted by atomic mass is 10.2. The van der Waals surface area contributed by atoms with Crippen molar-refractivity contribution in [2.24, 2.45) is 0 Å². The first-order valence-corrected chi connectivity index (χ1v) is 7.81. The van der Waals surface area contributed by atoms with Crippen molar-refractivity contribution in [2.45, 2.75) is 6.61 Å². The summed E-state index contributed by atoms with van der Waals surface area (Å²) in [5.41, 5.74) is 0.831. The summed E-state index contributed by atoms with van der Waals surface area (Å²) < 4.78 is 39.4. The van der Waals surface area contributed by atoms with Crippen LogP contribution in [0.4, 0.5) is 20.2 Å². The van der Waals surface area contributed by atoms with Gasteiger partial charge in [-0.1, -0.05) is 11.6 Å². The fourth-order valence-electron chi connectivity index (χ4n) is 2.13. The minimum atomic E-state index is -2.99. The van der Waals surface area contributed by atoms with Gasteiger partial charge in [0.25, 0.3) is 0 Å². The molecule has 1 amide bonds. The van der Waals surface area contributed by atoms with E-state index in [-0.39, 0.29) is 24.0 Å². The van der Waals surface area contributed by atoms with E-state index in [1.807, 2.05) is 0 Å². The zero-order valence-electron chi connectivity index (χ0n) is 14.0. The molecule has 0 aliphatic rings. The number of nitrogens with one attached hydrogen (secondary N) is 2. The standard InChI is InChI=1S/C17H17ClF2N2O4/c1-24-13-5-3-10(18)7-12(13)22-16(23)9-21-11-4-6-14(25-2)15(8-11)26-17(19)20/h3-8,17,21H,9H2,1-2H3,(H,22,23). The number of anilines is 2. The van der Waals surface area contributed by atoms with Gasteiger partial charge in [-0.2, -0.15) is 8.78 Å². The normalized spacial score (nSPS) is 10.4. The molecule has 0 heterocycles. The Balaban J connectivity index is 2.02. The van der Waals surface area contributed by atoms with Crippen molar-refractivity contribution in [3.05, 3.63) is 41.4 Å². The van der Waals surface area contributed by atoms with Crippen molar-refractivity contribution in [2.75, 3.05) is 31.4 Å². The van der Waals surface area contributed by atoms with Crippen LogP contribution >= 0.6 is 11.6 Å². The number of carbonyl (C=O) groups is 1. The van der Waals surface area contributed by atoms with Crippen molar-refractivity contribution in [1.29, 1.82) is 0 Å². The molecule has 0 saturated carbocycles. The minimum Gasteiger partial charge on any atom is -0.495 e. The molecule has 0 saturated heterocycles. The molecule has 0 unspecified atom stereocenters. The average Bonchev–Trinajstić information content (AvgIpc) is 2.60. The highest BCUT2D eigenvalue weighted by molar-refractivity contribution is 6.31. The Hall–Kier alpha value is -2.74. The molecule has 0 spiro atoms. The van der Waals surface area contributed by atoms with Crippen molar-refractivity contribution < 1.29 is 27.8 Å². The third-order valence-electron chi connectivity index (χ3n) is 3.27. The highest BCUT2D eigenvalue weighted by Crippen LogP contribution is 2.31. The van der Waals surface area contributed by atoms with Crippen LogP contribution in [-0.2, 0) is 4.79 Å². The topological polar surface area (TPSA) is 68.8 Å². The van der Waals surface area contributed by atoms with E-state index < -0.39 is 6.61 Å². The zero-order chi connectivity index (χ0) is 19.1. The van der Waals surface area contributed by atoms with Crippen LogP contribution < -0.4 is 24.8 Å². The van der Waals surface area contributed by atoms with E-state index in [1.54, 1.807) is 24.3 Å². The summed E-state index contributed by atoms with van der Waals surface area (Å²) in [5.74, 6) is 0.103. The van der Waals surface area contributed by atoms with Crippen molar-refractivity contribution >= 4 is 28.9 Å². The van der Waals surface area contributed by atoms with Gasteiger partial charge in [0.2, 0.25) is 5.91 Å². The number of halogens is 3. The van der Waals surface area contributed by atoms with Gasteiger partial charge in [0.15, 0.2) is 11.5 Å². The number of alkyl halides is 2. The third-order valence-corrected chi connectivity index (χ3v) is 3.50. The number of carbonyl (C=O) groups excluding carboxylic acids is 1. The molecular formula is C17H17ClF2N2O4. The zero-order valence-corrected chi connectivity index (χ0v) is 14.8. The molecule has 6 nitrogen and oxygen atoms in total. The van der Waals surface area contributed by atoms with Gasteiger partial charge in [-0.15, -0.1) is 0 Å². The van der Waals surface area contributed by atoms with Crippen molar-refractivity contribution in [1.82, 2.24) is 0 Å². The van der Waals surface area contributed by atoms with Crippen LogP contribution in [-0.4, -0.2) is 33.3 Å². The Morgan fingerprint density at radius 3 is 2.42 bits per heavy atom. The van der Waals surface area contributed by atoms with E-state index in [2.05, 4.69) is 15.4 Å². The molecule has 2 aromatic carbocycles. The lowest BCUT2D eigenvalue weighted by molar-refractivity contribution is -0.114. The first kappa shape index (κ1) is 19.6. The summed E-state index contributed by atoms with van der Waals surface area (Å²) in [4.78, 5) is 12.1. The van der Waals surface area contributed by atoms with Crippen LogP contribution in [0.5, 0.6) is 17.2 Å². The number of rotatable bonds is 8. The fraction of sp³-hybridized carbons (Fsp3) is 0.235. The molecule has 0 fully saturated rings. The van der Waals surface area contributed by atoms with E-state index in [0.717, 1.165) is 0 Å². The van der Waals surface area contributed by atoms with Crippen LogP contribution in [0.1, 0.15) is 0 Å². The lowest BCUT2D eigenvalue weighted by Crippen LogP contribution is -2.22. The molecule has 0 aliphatic heterocycles. The Morgan fingerprint density at radius 1 is 1.08 bits per heavy atom. The Morgan fingerprint density at radius 2 is 1.77 bits per heavy atom. The van der Waals surface area contributed by atoms with E-state index in [1.165, 1.54) is 26.4 Å². The van der Waals surface area contributed by atoms with Gasteiger partial charge < -0.3 is 24.8 Å². The predicted octanol–water partition coefficient (Wildman–Crippen LogP) is 4.01. The van der Waals surface area contributed by atoms with Crippen LogP contribution in [0, 0.1) is 0 Å². The summed E-state index contributed by atoms with van der Waals surface area (Å²) in [6.07, 6.45) is 0.